The Morgan fingerprint density at radius 3 is 3.12 bits per heavy atom. The Kier molecular flexibility index (Phi) is 2.76. The van der Waals surface area contributed by atoms with E-state index in [0.717, 1.165) is 28.9 Å². The second-order valence-corrected chi connectivity index (χ2v) is 5.47. The average molecular weight is 266 g/mol. The van der Waals surface area contributed by atoms with Gasteiger partial charge in [-0.1, -0.05) is 6.08 Å². The number of aryl methyl sites for hydroxylation is 2. The summed E-state index contributed by atoms with van der Waals surface area (Å²) in [5.41, 5.74) is 1.41. The van der Waals surface area contributed by atoms with Gasteiger partial charge in [0.15, 0.2) is 0 Å². The summed E-state index contributed by atoms with van der Waals surface area (Å²) >= 11 is 7.69. The number of nitrogens with one attached hydrogen (secondary N) is 1. The van der Waals surface area contributed by atoms with Gasteiger partial charge in [-0.15, -0.1) is 17.9 Å². The standard InChI is InChI=1S/C12H12ClN3S/c1-2-6-14-10-9-7-4-3-5-8(7)17-11(9)16-12(13)15-10/h2H,1,3-6H2,(H,14,15,16). The lowest BCUT2D eigenvalue weighted by molar-refractivity contribution is 0.917. The number of rotatable bonds is 3. The Hall–Kier alpha value is -1.13. The van der Waals surface area contributed by atoms with Crippen LogP contribution in [0.1, 0.15) is 16.9 Å². The average Bonchev–Trinajstić information content (AvgIpc) is 2.84. The predicted octanol–water partition coefficient (Wildman–Crippen LogP) is 3.43. The first-order valence-corrected chi connectivity index (χ1v) is 6.81. The van der Waals surface area contributed by atoms with E-state index >= 15 is 0 Å². The molecule has 0 saturated carbocycles. The first kappa shape index (κ1) is 11.0. The van der Waals surface area contributed by atoms with E-state index in [2.05, 4.69) is 21.9 Å². The van der Waals surface area contributed by atoms with Gasteiger partial charge in [-0.3, -0.25) is 0 Å². The van der Waals surface area contributed by atoms with E-state index in [1.807, 2.05) is 6.08 Å². The van der Waals surface area contributed by atoms with Gasteiger partial charge in [-0.05, 0) is 36.4 Å². The fraction of sp³-hybridized carbons (Fsp3) is 0.333. The first-order chi connectivity index (χ1) is 8.29. The Morgan fingerprint density at radius 2 is 2.29 bits per heavy atom. The van der Waals surface area contributed by atoms with Gasteiger partial charge in [0.25, 0.3) is 0 Å². The van der Waals surface area contributed by atoms with Gasteiger partial charge in [-0.2, -0.15) is 0 Å². The third-order valence-electron chi connectivity index (χ3n) is 2.95. The van der Waals surface area contributed by atoms with Gasteiger partial charge < -0.3 is 5.32 Å². The molecule has 2 aromatic rings. The quantitative estimate of drug-likeness (QED) is 0.682. The van der Waals surface area contributed by atoms with E-state index in [4.69, 9.17) is 11.6 Å². The summed E-state index contributed by atoms with van der Waals surface area (Å²) in [5.74, 6) is 0.847. The summed E-state index contributed by atoms with van der Waals surface area (Å²) in [6.07, 6.45) is 5.34. The van der Waals surface area contributed by atoms with Crippen molar-refractivity contribution in [1.29, 1.82) is 0 Å². The maximum absolute atomic E-state index is 5.94. The molecule has 0 radical (unpaired) electrons. The van der Waals surface area contributed by atoms with Crippen LogP contribution in [0.2, 0.25) is 5.28 Å². The molecule has 17 heavy (non-hydrogen) atoms. The number of halogens is 1. The molecule has 1 N–H and O–H groups in total. The SMILES string of the molecule is C=CCNc1nc(Cl)nc2sc3c(c12)CCC3. The molecule has 0 bridgehead atoms. The highest BCUT2D eigenvalue weighted by atomic mass is 35.5. The third kappa shape index (κ3) is 1.81. The highest BCUT2D eigenvalue weighted by Gasteiger charge is 2.21. The lowest BCUT2D eigenvalue weighted by Gasteiger charge is -2.05. The van der Waals surface area contributed by atoms with E-state index < -0.39 is 0 Å². The van der Waals surface area contributed by atoms with Gasteiger partial charge in [-0.25, -0.2) is 9.97 Å². The van der Waals surface area contributed by atoms with Crippen LogP contribution in [0.15, 0.2) is 12.7 Å². The molecule has 5 heteroatoms. The number of anilines is 1. The van der Waals surface area contributed by atoms with E-state index in [1.165, 1.54) is 16.9 Å². The van der Waals surface area contributed by atoms with Crippen LogP contribution in [0.5, 0.6) is 0 Å². The van der Waals surface area contributed by atoms with Gasteiger partial charge in [0.1, 0.15) is 10.6 Å². The molecule has 0 fully saturated rings. The number of nitrogens with zero attached hydrogens (tertiary/aromatic N) is 2. The second kappa shape index (κ2) is 4.27. The Morgan fingerprint density at radius 1 is 1.41 bits per heavy atom. The molecule has 3 nitrogen and oxygen atoms in total. The normalized spacial score (nSPS) is 13.9. The fourth-order valence-corrected chi connectivity index (χ4v) is 3.75. The van der Waals surface area contributed by atoms with Crippen LogP contribution in [-0.4, -0.2) is 16.5 Å². The molecule has 0 atom stereocenters. The van der Waals surface area contributed by atoms with Crippen molar-refractivity contribution in [3.8, 4) is 0 Å². The number of fused-ring (bicyclic) bond motifs is 3. The van der Waals surface area contributed by atoms with E-state index in [0.29, 0.717) is 11.8 Å². The fourth-order valence-electron chi connectivity index (χ4n) is 2.27. The van der Waals surface area contributed by atoms with E-state index in [1.54, 1.807) is 11.3 Å². The summed E-state index contributed by atoms with van der Waals surface area (Å²) in [6, 6.07) is 0. The zero-order chi connectivity index (χ0) is 11.8. The summed E-state index contributed by atoms with van der Waals surface area (Å²) in [6.45, 7) is 4.39. The molecule has 0 aliphatic heterocycles. The molecule has 0 amide bonds. The van der Waals surface area contributed by atoms with Crippen molar-refractivity contribution in [3.63, 3.8) is 0 Å². The first-order valence-electron chi connectivity index (χ1n) is 5.62. The molecule has 2 aromatic heterocycles. The van der Waals surface area contributed by atoms with Crippen molar-refractivity contribution in [1.82, 2.24) is 9.97 Å². The van der Waals surface area contributed by atoms with Crippen LogP contribution in [0.3, 0.4) is 0 Å². The molecule has 2 heterocycles. The molecule has 0 aromatic carbocycles. The van der Waals surface area contributed by atoms with Gasteiger partial charge in [0.2, 0.25) is 5.28 Å². The molecule has 1 aliphatic rings. The Labute approximate surface area is 109 Å². The summed E-state index contributed by atoms with van der Waals surface area (Å²) in [4.78, 5) is 11.0. The second-order valence-electron chi connectivity index (χ2n) is 4.05. The van der Waals surface area contributed by atoms with E-state index in [9.17, 15) is 0 Å². The highest BCUT2D eigenvalue weighted by Crippen LogP contribution is 2.39. The third-order valence-corrected chi connectivity index (χ3v) is 4.31. The molecule has 3 rings (SSSR count). The van der Waals surface area contributed by atoms with Crippen LogP contribution in [0, 0.1) is 0 Å². The van der Waals surface area contributed by atoms with Crippen LogP contribution in [0.4, 0.5) is 5.82 Å². The van der Waals surface area contributed by atoms with Crippen LogP contribution in [0.25, 0.3) is 10.2 Å². The topological polar surface area (TPSA) is 37.8 Å². The lowest BCUT2D eigenvalue weighted by atomic mass is 10.2. The maximum atomic E-state index is 5.94. The number of aromatic nitrogens is 2. The monoisotopic (exact) mass is 265 g/mol. The van der Waals surface area contributed by atoms with Crippen molar-refractivity contribution >= 4 is 39.0 Å². The minimum absolute atomic E-state index is 0.309. The molecular weight excluding hydrogens is 254 g/mol. The Bertz CT molecular complexity index is 591. The van der Waals surface area contributed by atoms with Crippen LogP contribution >= 0.6 is 22.9 Å². The molecule has 1 aliphatic carbocycles. The van der Waals surface area contributed by atoms with Gasteiger partial charge in [0, 0.05) is 11.4 Å². The van der Waals surface area contributed by atoms with Crippen molar-refractivity contribution in [2.75, 3.05) is 11.9 Å². The summed E-state index contributed by atoms with van der Waals surface area (Å²) < 4.78 is 0. The summed E-state index contributed by atoms with van der Waals surface area (Å²) in [5, 5.41) is 4.72. The van der Waals surface area contributed by atoms with Crippen molar-refractivity contribution in [3.05, 3.63) is 28.4 Å². The van der Waals surface area contributed by atoms with E-state index in [-0.39, 0.29) is 0 Å². The van der Waals surface area contributed by atoms with Crippen molar-refractivity contribution < 1.29 is 0 Å². The Balaban J connectivity index is 2.20. The van der Waals surface area contributed by atoms with Crippen LogP contribution in [-0.2, 0) is 12.8 Å². The number of hydrogen-bond acceptors (Lipinski definition) is 4. The summed E-state index contributed by atoms with van der Waals surface area (Å²) in [7, 11) is 0. The van der Waals surface area contributed by atoms with Crippen LogP contribution < -0.4 is 5.32 Å². The van der Waals surface area contributed by atoms with Crippen molar-refractivity contribution in [2.24, 2.45) is 0 Å². The molecule has 88 valence electrons. The molecule has 0 spiro atoms. The molecule has 0 unspecified atom stereocenters. The van der Waals surface area contributed by atoms with Crippen molar-refractivity contribution in [2.45, 2.75) is 19.3 Å². The zero-order valence-electron chi connectivity index (χ0n) is 9.29. The lowest BCUT2D eigenvalue weighted by Crippen LogP contribution is -2.02. The van der Waals surface area contributed by atoms with Gasteiger partial charge in [0.05, 0.1) is 5.39 Å². The zero-order valence-corrected chi connectivity index (χ0v) is 10.9. The minimum Gasteiger partial charge on any atom is -0.366 e. The largest absolute Gasteiger partial charge is 0.366 e. The highest BCUT2D eigenvalue weighted by molar-refractivity contribution is 7.19. The van der Waals surface area contributed by atoms with Gasteiger partial charge >= 0.3 is 0 Å². The molecular formula is C12H12ClN3S. The number of hydrogen-bond donors (Lipinski definition) is 1. The number of thiophene rings is 1. The predicted molar refractivity (Wildman–Crippen MR) is 73.1 cm³/mol. The molecule has 0 saturated heterocycles. The smallest absolute Gasteiger partial charge is 0.225 e. The maximum Gasteiger partial charge on any atom is 0.225 e. The minimum atomic E-state index is 0.309.